The van der Waals surface area contributed by atoms with Crippen LogP contribution in [0, 0.1) is 0 Å². The number of carbonyl (C=O) groups excluding carboxylic acids is 2. The first-order valence-electron chi connectivity index (χ1n) is 28.8. The van der Waals surface area contributed by atoms with Crippen molar-refractivity contribution in [3.05, 3.63) is 97.2 Å². The number of carbonyl (C=O) groups is 2. The molecule has 0 aromatic heterocycles. The molecule has 0 aliphatic heterocycles. The summed E-state index contributed by atoms with van der Waals surface area (Å²) in [5.74, 6) is -0.442. The molecule has 0 radical (unpaired) electrons. The number of esters is 2. The maximum absolute atomic E-state index is 12.9. The van der Waals surface area contributed by atoms with E-state index >= 15 is 0 Å². The van der Waals surface area contributed by atoms with E-state index in [9.17, 15) is 9.59 Å². The van der Waals surface area contributed by atoms with Gasteiger partial charge in [0.05, 0.1) is 6.61 Å². The lowest BCUT2D eigenvalue weighted by molar-refractivity contribution is -0.163. The quantitative estimate of drug-likeness (QED) is 0.0345. The number of hydrogen-bond acceptors (Lipinski definition) is 5. The monoisotopic (exact) mass is 945 g/mol. The predicted molar refractivity (Wildman–Crippen MR) is 297 cm³/mol. The average molecular weight is 946 g/mol. The van der Waals surface area contributed by atoms with Crippen LogP contribution in [0.3, 0.4) is 0 Å². The van der Waals surface area contributed by atoms with Gasteiger partial charge in [0.15, 0.2) is 6.10 Å². The Balaban J connectivity index is 4.35. The largest absolute Gasteiger partial charge is 0.462 e. The zero-order valence-corrected chi connectivity index (χ0v) is 44.8. The second-order valence-corrected chi connectivity index (χ2v) is 18.8. The van der Waals surface area contributed by atoms with E-state index in [2.05, 4.69) is 118 Å². The molecule has 0 aliphatic carbocycles. The molecule has 0 N–H and O–H groups in total. The summed E-state index contributed by atoms with van der Waals surface area (Å²) in [6, 6.07) is 0. The van der Waals surface area contributed by atoms with Crippen LogP contribution in [0.4, 0.5) is 0 Å². The van der Waals surface area contributed by atoms with Gasteiger partial charge in [-0.05, 0) is 116 Å². The Morgan fingerprint density at radius 3 is 1.10 bits per heavy atom. The topological polar surface area (TPSA) is 61.8 Å². The number of allylic oxidation sites excluding steroid dienone is 16. The molecule has 1 unspecified atom stereocenters. The first kappa shape index (κ1) is 64.8. The lowest BCUT2D eigenvalue weighted by Gasteiger charge is -2.18. The van der Waals surface area contributed by atoms with Crippen LogP contribution in [0.1, 0.15) is 265 Å². The Hall–Kier alpha value is -3.18. The van der Waals surface area contributed by atoms with E-state index in [1.807, 2.05) is 0 Å². The summed E-state index contributed by atoms with van der Waals surface area (Å²) in [5.41, 5.74) is 0. The van der Waals surface area contributed by atoms with Crippen LogP contribution >= 0.6 is 0 Å². The van der Waals surface area contributed by atoms with Gasteiger partial charge in [0, 0.05) is 19.4 Å². The fourth-order valence-corrected chi connectivity index (χ4v) is 7.81. The molecule has 390 valence electrons. The third kappa shape index (κ3) is 55.4. The standard InChI is InChI=1S/C63H108O5/c1-4-7-10-13-16-19-22-25-28-30-32-34-36-38-41-44-47-50-53-56-62(64)67-60-61(59-66-58-55-52-49-46-43-40-27-24-21-18-15-12-9-6-3)68-63(65)57-54-51-48-45-42-39-37-35-33-31-29-26-23-20-17-14-11-8-5-2/h9,12,16,18-19,21,25-29,32,34,40,46,49,61H,4-8,10-11,13-15,17,20,22-24,30-31,33,35-39,41-45,47-48,50-60H2,1-3H3/b12-9-,19-16-,21-18-,28-25-,29-26-,34-32-,40-27-,49-46-. The Morgan fingerprint density at radius 1 is 0.338 bits per heavy atom. The molecule has 0 fully saturated rings. The molecule has 0 bridgehead atoms. The van der Waals surface area contributed by atoms with E-state index in [-0.39, 0.29) is 25.2 Å². The van der Waals surface area contributed by atoms with Crippen molar-refractivity contribution in [2.45, 2.75) is 271 Å². The van der Waals surface area contributed by atoms with Gasteiger partial charge >= 0.3 is 11.9 Å². The molecular weight excluding hydrogens is 837 g/mol. The van der Waals surface area contributed by atoms with Gasteiger partial charge in [-0.2, -0.15) is 0 Å². The molecule has 0 amide bonds. The number of rotatable bonds is 52. The Bertz CT molecular complexity index is 1300. The highest BCUT2D eigenvalue weighted by molar-refractivity contribution is 5.70. The van der Waals surface area contributed by atoms with Gasteiger partial charge in [-0.25, -0.2) is 0 Å². The first-order valence-corrected chi connectivity index (χ1v) is 28.8. The third-order valence-electron chi connectivity index (χ3n) is 12.1. The van der Waals surface area contributed by atoms with Crippen molar-refractivity contribution in [2.75, 3.05) is 19.8 Å². The summed E-state index contributed by atoms with van der Waals surface area (Å²) in [4.78, 5) is 25.5. The SMILES string of the molecule is CC/C=C\C/C=C\C/C=C\C/C=C\CCCOCC(COC(=O)CCCCCCCC/C=C\C/C=C\C/C=C\CCCCC)OC(=O)CCCCCCCCCCC/C=C\CCCCCCCC. The molecule has 5 heteroatoms. The molecule has 0 aromatic rings. The van der Waals surface area contributed by atoms with Crippen molar-refractivity contribution >= 4 is 11.9 Å². The summed E-state index contributed by atoms with van der Waals surface area (Å²) in [7, 11) is 0. The molecule has 5 nitrogen and oxygen atoms in total. The highest BCUT2D eigenvalue weighted by Gasteiger charge is 2.17. The number of unbranched alkanes of at least 4 members (excludes halogenated alkanes) is 25. The highest BCUT2D eigenvalue weighted by atomic mass is 16.6. The van der Waals surface area contributed by atoms with E-state index in [0.29, 0.717) is 19.4 Å². The van der Waals surface area contributed by atoms with Gasteiger partial charge in [-0.15, -0.1) is 0 Å². The van der Waals surface area contributed by atoms with Gasteiger partial charge in [0.2, 0.25) is 0 Å². The van der Waals surface area contributed by atoms with E-state index in [4.69, 9.17) is 14.2 Å². The zero-order chi connectivity index (χ0) is 49.2. The van der Waals surface area contributed by atoms with Crippen molar-refractivity contribution in [1.29, 1.82) is 0 Å². The molecule has 0 aliphatic rings. The summed E-state index contributed by atoms with van der Waals surface area (Å²) >= 11 is 0. The van der Waals surface area contributed by atoms with Crippen molar-refractivity contribution < 1.29 is 23.8 Å². The summed E-state index contributed by atoms with van der Waals surface area (Å²) in [6.07, 6.45) is 78.7. The van der Waals surface area contributed by atoms with Crippen LogP contribution in [0.25, 0.3) is 0 Å². The lowest BCUT2D eigenvalue weighted by Crippen LogP contribution is -2.30. The van der Waals surface area contributed by atoms with E-state index in [0.717, 1.165) is 96.3 Å². The van der Waals surface area contributed by atoms with Gasteiger partial charge in [0.1, 0.15) is 6.61 Å². The van der Waals surface area contributed by atoms with Crippen molar-refractivity contribution in [3.63, 3.8) is 0 Å². The van der Waals surface area contributed by atoms with Crippen molar-refractivity contribution in [1.82, 2.24) is 0 Å². The smallest absolute Gasteiger partial charge is 0.306 e. The summed E-state index contributed by atoms with van der Waals surface area (Å²) < 4.78 is 17.4. The lowest BCUT2D eigenvalue weighted by atomic mass is 10.1. The van der Waals surface area contributed by atoms with Crippen LogP contribution in [0.2, 0.25) is 0 Å². The fraction of sp³-hybridized carbons (Fsp3) is 0.714. The molecule has 68 heavy (non-hydrogen) atoms. The summed E-state index contributed by atoms with van der Waals surface area (Å²) in [6.45, 7) is 7.55. The van der Waals surface area contributed by atoms with Crippen LogP contribution in [0.5, 0.6) is 0 Å². The maximum atomic E-state index is 12.9. The molecule has 1 atom stereocenters. The highest BCUT2D eigenvalue weighted by Crippen LogP contribution is 2.14. The third-order valence-corrected chi connectivity index (χ3v) is 12.1. The number of hydrogen-bond donors (Lipinski definition) is 0. The second-order valence-electron chi connectivity index (χ2n) is 18.8. The fourth-order valence-electron chi connectivity index (χ4n) is 7.81. The van der Waals surface area contributed by atoms with Crippen LogP contribution in [0.15, 0.2) is 97.2 Å². The molecule has 0 aromatic carbocycles. The normalized spacial score (nSPS) is 12.9. The van der Waals surface area contributed by atoms with Gasteiger partial charge in [-0.1, -0.05) is 234 Å². The van der Waals surface area contributed by atoms with Gasteiger partial charge in [-0.3, -0.25) is 9.59 Å². The molecule has 0 rings (SSSR count). The maximum Gasteiger partial charge on any atom is 0.306 e. The zero-order valence-electron chi connectivity index (χ0n) is 44.8. The van der Waals surface area contributed by atoms with Crippen LogP contribution in [-0.4, -0.2) is 37.9 Å². The predicted octanol–water partition coefficient (Wildman–Crippen LogP) is 19.8. The van der Waals surface area contributed by atoms with Gasteiger partial charge < -0.3 is 14.2 Å². The Labute approximate surface area is 422 Å². The van der Waals surface area contributed by atoms with Crippen LogP contribution < -0.4 is 0 Å². The minimum absolute atomic E-state index is 0.0520. The molecule has 0 saturated heterocycles. The minimum Gasteiger partial charge on any atom is -0.462 e. The molecular formula is C63H108O5. The summed E-state index contributed by atoms with van der Waals surface area (Å²) in [5, 5.41) is 0. The van der Waals surface area contributed by atoms with E-state index in [1.54, 1.807) is 0 Å². The molecule has 0 saturated carbocycles. The first-order chi connectivity index (χ1) is 33.6. The molecule has 0 spiro atoms. The Morgan fingerprint density at radius 2 is 0.662 bits per heavy atom. The van der Waals surface area contributed by atoms with Gasteiger partial charge in [0.25, 0.3) is 0 Å². The molecule has 0 heterocycles. The van der Waals surface area contributed by atoms with E-state index in [1.165, 1.54) is 135 Å². The minimum atomic E-state index is -0.577. The van der Waals surface area contributed by atoms with Crippen molar-refractivity contribution in [3.8, 4) is 0 Å². The van der Waals surface area contributed by atoms with Crippen molar-refractivity contribution in [2.24, 2.45) is 0 Å². The van der Waals surface area contributed by atoms with Crippen LogP contribution in [-0.2, 0) is 23.8 Å². The second kappa shape index (κ2) is 58.1. The van der Waals surface area contributed by atoms with E-state index < -0.39 is 6.10 Å². The number of ether oxygens (including phenoxy) is 3. The Kier molecular flexibility index (Phi) is 55.4. The average Bonchev–Trinajstić information content (AvgIpc) is 3.34.